The van der Waals surface area contributed by atoms with Crippen LogP contribution in [0.5, 0.6) is 11.5 Å². The third-order valence-corrected chi connectivity index (χ3v) is 8.12. The van der Waals surface area contributed by atoms with Gasteiger partial charge >= 0.3 is 18.0 Å². The highest BCUT2D eigenvalue weighted by Gasteiger charge is 2.29. The van der Waals surface area contributed by atoms with Gasteiger partial charge in [-0.2, -0.15) is 0 Å². The summed E-state index contributed by atoms with van der Waals surface area (Å²) < 4.78 is 16.3. The average Bonchev–Trinajstić information content (AvgIpc) is 3.13. The zero-order valence-corrected chi connectivity index (χ0v) is 28.5. The van der Waals surface area contributed by atoms with Crippen molar-refractivity contribution >= 4 is 28.7 Å². The number of amides is 2. The molecule has 9 heteroatoms. The second-order valence-electron chi connectivity index (χ2n) is 12.4. The van der Waals surface area contributed by atoms with E-state index < -0.39 is 30.1 Å². The van der Waals surface area contributed by atoms with Crippen molar-refractivity contribution < 1.29 is 33.7 Å². The Hall–Kier alpha value is -5.67. The summed E-state index contributed by atoms with van der Waals surface area (Å²) in [5, 5.41) is 15.9. The normalized spacial score (nSPS) is 12.2. The second kappa shape index (κ2) is 17.1. The lowest BCUT2D eigenvalue weighted by atomic mass is 9.96. The van der Waals surface area contributed by atoms with Crippen LogP contribution in [0.3, 0.4) is 0 Å². The van der Waals surface area contributed by atoms with Crippen LogP contribution >= 0.6 is 0 Å². The second-order valence-corrected chi connectivity index (χ2v) is 12.4. The number of para-hydroxylation sites is 2. The van der Waals surface area contributed by atoms with E-state index in [0.717, 1.165) is 33.0 Å². The molecule has 2 atom stereocenters. The standard InChI is InChI=1S/C41H42N2O7/c1-28(2)25-43(26-36(44)40(46)50-38-19-10-9-18-37(38)48-3)41(47)42-35(39(45)49-27-30-12-5-4-6-13-30)24-29-20-22-32(23-21-29)34-17-11-15-31-14-7-8-16-33(31)34/h4-23,28,35-36,44H,24-27H2,1-3H3,(H,42,47)/t35-,36?/m0/s1. The Morgan fingerprint density at radius 1 is 0.720 bits per heavy atom. The number of nitrogens with one attached hydrogen (secondary N) is 1. The van der Waals surface area contributed by atoms with Crippen LogP contribution < -0.4 is 14.8 Å². The predicted molar refractivity (Wildman–Crippen MR) is 193 cm³/mol. The Morgan fingerprint density at radius 3 is 2.10 bits per heavy atom. The Kier molecular flexibility index (Phi) is 12.2. The van der Waals surface area contributed by atoms with Crippen molar-refractivity contribution in [2.24, 2.45) is 5.92 Å². The molecule has 0 aliphatic rings. The zero-order chi connectivity index (χ0) is 35.5. The van der Waals surface area contributed by atoms with Gasteiger partial charge < -0.3 is 29.5 Å². The minimum atomic E-state index is -1.66. The minimum Gasteiger partial charge on any atom is -0.493 e. The van der Waals surface area contributed by atoms with E-state index in [1.54, 1.807) is 24.3 Å². The van der Waals surface area contributed by atoms with Gasteiger partial charge in [0.1, 0.15) is 12.6 Å². The molecule has 0 aliphatic carbocycles. The van der Waals surface area contributed by atoms with Crippen LogP contribution in [0.1, 0.15) is 25.0 Å². The number of esters is 2. The molecule has 5 aromatic carbocycles. The summed E-state index contributed by atoms with van der Waals surface area (Å²) in [6, 6.07) is 36.4. The first-order valence-corrected chi connectivity index (χ1v) is 16.6. The molecular formula is C41H42N2O7. The maximum Gasteiger partial charge on any atom is 0.342 e. The van der Waals surface area contributed by atoms with Gasteiger partial charge in [0.15, 0.2) is 17.6 Å². The molecule has 0 saturated carbocycles. The quantitative estimate of drug-likeness (QED) is 0.0984. The predicted octanol–water partition coefficient (Wildman–Crippen LogP) is 6.80. The summed E-state index contributed by atoms with van der Waals surface area (Å²) in [6.45, 7) is 3.70. The van der Waals surface area contributed by atoms with E-state index >= 15 is 0 Å². The fraction of sp³-hybridized carbons (Fsp3) is 0.244. The fourth-order valence-electron chi connectivity index (χ4n) is 5.64. The average molecular weight is 675 g/mol. The highest BCUT2D eigenvalue weighted by atomic mass is 16.6. The molecule has 50 heavy (non-hydrogen) atoms. The van der Waals surface area contributed by atoms with Gasteiger partial charge in [-0.3, -0.25) is 0 Å². The number of fused-ring (bicyclic) bond motifs is 1. The van der Waals surface area contributed by atoms with Gasteiger partial charge in [-0.15, -0.1) is 0 Å². The molecule has 2 N–H and O–H groups in total. The summed E-state index contributed by atoms with van der Waals surface area (Å²) in [7, 11) is 1.44. The topological polar surface area (TPSA) is 114 Å². The van der Waals surface area contributed by atoms with Gasteiger partial charge in [0, 0.05) is 13.0 Å². The van der Waals surface area contributed by atoms with Crippen molar-refractivity contribution in [2.45, 2.75) is 39.0 Å². The number of nitrogens with zero attached hydrogens (tertiary/aromatic N) is 1. The van der Waals surface area contributed by atoms with Crippen molar-refractivity contribution in [3.8, 4) is 22.6 Å². The molecule has 0 heterocycles. The first-order valence-electron chi connectivity index (χ1n) is 16.6. The Bertz CT molecular complexity index is 1890. The Balaban J connectivity index is 1.33. The molecule has 0 fully saturated rings. The molecule has 0 aliphatic heterocycles. The van der Waals surface area contributed by atoms with Gasteiger partial charge in [-0.25, -0.2) is 14.4 Å². The van der Waals surface area contributed by atoms with E-state index in [4.69, 9.17) is 14.2 Å². The molecule has 0 aromatic heterocycles. The lowest BCUT2D eigenvalue weighted by molar-refractivity contribution is -0.147. The summed E-state index contributed by atoms with van der Waals surface area (Å²) in [5.41, 5.74) is 3.74. The summed E-state index contributed by atoms with van der Waals surface area (Å²) in [4.78, 5) is 41.5. The summed E-state index contributed by atoms with van der Waals surface area (Å²) in [6.07, 6.45) is -1.50. The van der Waals surface area contributed by atoms with Gasteiger partial charge in [0.25, 0.3) is 0 Å². The smallest absolute Gasteiger partial charge is 0.342 e. The third-order valence-electron chi connectivity index (χ3n) is 8.12. The van der Waals surface area contributed by atoms with Gasteiger partial charge in [0.05, 0.1) is 13.7 Å². The van der Waals surface area contributed by atoms with E-state index in [1.165, 1.54) is 12.0 Å². The molecule has 5 rings (SSSR count). The molecule has 0 bridgehead atoms. The number of methoxy groups -OCH3 is 1. The van der Waals surface area contributed by atoms with Crippen LogP contribution in [0, 0.1) is 5.92 Å². The van der Waals surface area contributed by atoms with Crippen LogP contribution in [0.25, 0.3) is 21.9 Å². The third kappa shape index (κ3) is 9.48. The van der Waals surface area contributed by atoms with Gasteiger partial charge in [-0.05, 0) is 51.1 Å². The van der Waals surface area contributed by atoms with Crippen LogP contribution in [-0.2, 0) is 27.4 Å². The first-order chi connectivity index (χ1) is 24.2. The van der Waals surface area contributed by atoms with E-state index in [0.29, 0.717) is 5.75 Å². The first kappa shape index (κ1) is 35.6. The summed E-state index contributed by atoms with van der Waals surface area (Å²) in [5.74, 6) is -1.09. The minimum absolute atomic E-state index is 0.0109. The SMILES string of the molecule is COc1ccccc1OC(=O)C(O)CN(CC(C)C)C(=O)N[C@@H](Cc1ccc(-c2cccc3ccccc23)cc1)C(=O)OCc1ccccc1. The Labute approximate surface area is 292 Å². The number of urea groups is 1. The number of benzene rings is 5. The number of rotatable bonds is 14. The number of carbonyl (C=O) groups excluding carboxylic acids is 3. The number of hydrogen-bond donors (Lipinski definition) is 2. The van der Waals surface area contributed by atoms with Crippen molar-refractivity contribution in [1.29, 1.82) is 0 Å². The molecule has 0 radical (unpaired) electrons. The zero-order valence-electron chi connectivity index (χ0n) is 28.5. The van der Waals surface area contributed by atoms with Crippen LogP contribution in [0.2, 0.25) is 0 Å². The van der Waals surface area contributed by atoms with Crippen LogP contribution in [-0.4, -0.2) is 60.3 Å². The molecule has 9 nitrogen and oxygen atoms in total. The maximum absolute atomic E-state index is 13.8. The highest BCUT2D eigenvalue weighted by Crippen LogP contribution is 2.29. The molecule has 2 amide bonds. The molecule has 5 aromatic rings. The summed E-state index contributed by atoms with van der Waals surface area (Å²) >= 11 is 0. The number of aliphatic hydroxyl groups is 1. The van der Waals surface area contributed by atoms with E-state index in [2.05, 4.69) is 29.6 Å². The van der Waals surface area contributed by atoms with Crippen molar-refractivity contribution in [3.63, 3.8) is 0 Å². The van der Waals surface area contributed by atoms with Gasteiger partial charge in [-0.1, -0.05) is 123 Å². The maximum atomic E-state index is 13.8. The molecule has 258 valence electrons. The van der Waals surface area contributed by atoms with Gasteiger partial charge in [0.2, 0.25) is 0 Å². The van der Waals surface area contributed by atoms with Crippen molar-refractivity contribution in [3.05, 3.63) is 132 Å². The van der Waals surface area contributed by atoms with E-state index in [9.17, 15) is 19.5 Å². The molecule has 0 spiro atoms. The lowest BCUT2D eigenvalue weighted by Gasteiger charge is -2.28. The van der Waals surface area contributed by atoms with E-state index in [1.807, 2.05) is 86.6 Å². The molecule has 1 unspecified atom stereocenters. The van der Waals surface area contributed by atoms with Crippen LogP contribution in [0.15, 0.2) is 121 Å². The fourth-order valence-corrected chi connectivity index (χ4v) is 5.64. The Morgan fingerprint density at radius 2 is 1.38 bits per heavy atom. The molecular weight excluding hydrogens is 632 g/mol. The number of carbonyl (C=O) groups is 3. The monoisotopic (exact) mass is 674 g/mol. The van der Waals surface area contributed by atoms with E-state index in [-0.39, 0.29) is 37.8 Å². The number of aliphatic hydroxyl groups excluding tert-OH is 1. The van der Waals surface area contributed by atoms with Crippen LogP contribution in [0.4, 0.5) is 4.79 Å². The number of ether oxygens (including phenoxy) is 3. The largest absolute Gasteiger partial charge is 0.493 e. The lowest BCUT2D eigenvalue weighted by Crippen LogP contribution is -2.52. The van der Waals surface area contributed by atoms with Crippen molar-refractivity contribution in [1.82, 2.24) is 10.2 Å². The highest BCUT2D eigenvalue weighted by molar-refractivity contribution is 5.96. The number of hydrogen-bond acceptors (Lipinski definition) is 7. The van der Waals surface area contributed by atoms with Crippen molar-refractivity contribution in [2.75, 3.05) is 20.2 Å². The molecule has 0 saturated heterocycles.